The molecule has 0 radical (unpaired) electrons. The first-order valence-electron chi connectivity index (χ1n) is 10.5. The summed E-state index contributed by atoms with van der Waals surface area (Å²) in [6.07, 6.45) is 6.61. The van der Waals surface area contributed by atoms with Crippen LogP contribution in [0.3, 0.4) is 0 Å². The van der Waals surface area contributed by atoms with Crippen LogP contribution in [0.15, 0.2) is 33.9 Å². The number of rotatable bonds is 3. The van der Waals surface area contributed by atoms with Gasteiger partial charge >= 0.3 is 0 Å². The molecular weight excluding hydrogens is 400 g/mol. The lowest BCUT2D eigenvalue weighted by molar-refractivity contribution is 0.0212. The highest BCUT2D eigenvalue weighted by Gasteiger charge is 2.38. The standard InChI is InChI=1S/C24H39BrO2/c1-14(2)19-9-8-16(5)22(15(3)4)23(19)20(26)12-17(6)18-10-11-24(7,27)21(25)13-18/h12,16,18,20-21,23,26-27H,8-11,13H2,1-7H3/b17-12+/t16-,18-,20+,21-,23+,24+/m0/s1. The fourth-order valence-electron chi connectivity index (χ4n) is 5.09. The molecule has 2 rings (SSSR count). The van der Waals surface area contributed by atoms with Gasteiger partial charge in [0.25, 0.3) is 0 Å². The maximum Gasteiger partial charge on any atom is 0.0826 e. The fraction of sp³-hybridized carbons (Fsp3) is 0.750. The van der Waals surface area contributed by atoms with Crippen molar-refractivity contribution in [3.8, 4) is 0 Å². The lowest BCUT2D eigenvalue weighted by atomic mass is 9.68. The van der Waals surface area contributed by atoms with Crippen molar-refractivity contribution in [2.45, 2.75) is 97.1 Å². The van der Waals surface area contributed by atoms with Gasteiger partial charge in [-0.3, -0.25) is 0 Å². The molecule has 2 nitrogen and oxygen atoms in total. The largest absolute Gasteiger partial charge is 0.389 e. The second-order valence-electron chi connectivity index (χ2n) is 9.60. The van der Waals surface area contributed by atoms with Gasteiger partial charge < -0.3 is 10.2 Å². The third kappa shape index (κ3) is 5.16. The van der Waals surface area contributed by atoms with Gasteiger partial charge in [-0.1, -0.05) is 56.8 Å². The van der Waals surface area contributed by atoms with Crippen LogP contribution in [0.2, 0.25) is 0 Å². The zero-order valence-electron chi connectivity index (χ0n) is 18.3. The van der Waals surface area contributed by atoms with E-state index in [-0.39, 0.29) is 10.7 Å². The molecule has 2 saturated carbocycles. The maximum absolute atomic E-state index is 11.3. The van der Waals surface area contributed by atoms with Crippen LogP contribution in [0.4, 0.5) is 0 Å². The third-order valence-electron chi connectivity index (χ3n) is 6.89. The molecule has 0 spiro atoms. The Hall–Kier alpha value is -0.380. The smallest absolute Gasteiger partial charge is 0.0826 e. The van der Waals surface area contributed by atoms with Gasteiger partial charge in [0, 0.05) is 10.7 Å². The molecule has 3 heteroatoms. The van der Waals surface area contributed by atoms with Crippen LogP contribution in [0.1, 0.15) is 80.6 Å². The zero-order valence-corrected chi connectivity index (χ0v) is 19.9. The van der Waals surface area contributed by atoms with Crippen molar-refractivity contribution in [1.82, 2.24) is 0 Å². The van der Waals surface area contributed by atoms with E-state index < -0.39 is 11.7 Å². The summed E-state index contributed by atoms with van der Waals surface area (Å²) >= 11 is 3.67. The number of aliphatic hydroxyl groups is 2. The van der Waals surface area contributed by atoms with Gasteiger partial charge in [-0.05, 0) is 85.5 Å². The molecule has 154 valence electrons. The molecule has 0 aromatic rings. The van der Waals surface area contributed by atoms with E-state index in [0.29, 0.717) is 11.8 Å². The molecule has 0 saturated heterocycles. The molecule has 0 heterocycles. The maximum atomic E-state index is 11.3. The number of alkyl halides is 1. The van der Waals surface area contributed by atoms with Crippen LogP contribution in [0, 0.1) is 17.8 Å². The number of hydrogen-bond acceptors (Lipinski definition) is 2. The second-order valence-corrected chi connectivity index (χ2v) is 10.7. The van der Waals surface area contributed by atoms with Gasteiger partial charge in [0.05, 0.1) is 11.7 Å². The van der Waals surface area contributed by atoms with Gasteiger partial charge in [-0.25, -0.2) is 0 Å². The monoisotopic (exact) mass is 438 g/mol. The molecule has 2 aliphatic carbocycles. The fourth-order valence-corrected chi connectivity index (χ4v) is 5.77. The predicted molar refractivity (Wildman–Crippen MR) is 119 cm³/mol. The van der Waals surface area contributed by atoms with E-state index in [2.05, 4.69) is 63.5 Å². The number of aliphatic hydroxyl groups excluding tert-OH is 1. The van der Waals surface area contributed by atoms with E-state index in [1.807, 2.05) is 6.92 Å². The van der Waals surface area contributed by atoms with E-state index in [0.717, 1.165) is 25.7 Å². The number of halogens is 1. The van der Waals surface area contributed by atoms with Gasteiger partial charge in [0.1, 0.15) is 0 Å². The average Bonchev–Trinajstić information content (AvgIpc) is 2.56. The first-order valence-corrected chi connectivity index (χ1v) is 11.4. The topological polar surface area (TPSA) is 40.5 Å². The summed E-state index contributed by atoms with van der Waals surface area (Å²) in [5, 5.41) is 21.7. The quantitative estimate of drug-likeness (QED) is 0.399. The molecule has 0 bridgehead atoms. The van der Waals surface area contributed by atoms with Gasteiger partial charge in [0.2, 0.25) is 0 Å². The predicted octanol–water partition coefficient (Wildman–Crippen LogP) is 6.33. The van der Waals surface area contributed by atoms with Crippen molar-refractivity contribution in [3.05, 3.63) is 33.9 Å². The summed E-state index contributed by atoms with van der Waals surface area (Å²) in [6.45, 7) is 15.1. The minimum atomic E-state index is -0.626. The van der Waals surface area contributed by atoms with E-state index in [9.17, 15) is 10.2 Å². The van der Waals surface area contributed by atoms with Crippen molar-refractivity contribution in [3.63, 3.8) is 0 Å². The third-order valence-corrected chi connectivity index (χ3v) is 8.25. The molecular formula is C24H39BrO2. The van der Waals surface area contributed by atoms with Gasteiger partial charge in [-0.15, -0.1) is 0 Å². The van der Waals surface area contributed by atoms with Gasteiger partial charge in [0.15, 0.2) is 0 Å². The van der Waals surface area contributed by atoms with Crippen LogP contribution >= 0.6 is 15.9 Å². The average molecular weight is 439 g/mol. The molecule has 0 aromatic heterocycles. The van der Waals surface area contributed by atoms with E-state index in [4.69, 9.17) is 0 Å². The zero-order chi connectivity index (χ0) is 20.5. The Morgan fingerprint density at radius 3 is 2.30 bits per heavy atom. The first kappa shape index (κ1) is 22.9. The van der Waals surface area contributed by atoms with Crippen LogP contribution < -0.4 is 0 Å². The van der Waals surface area contributed by atoms with Crippen LogP contribution in [-0.4, -0.2) is 26.7 Å². The summed E-state index contributed by atoms with van der Waals surface area (Å²) in [4.78, 5) is 0.112. The van der Waals surface area contributed by atoms with Crippen LogP contribution in [0.5, 0.6) is 0 Å². The lowest BCUT2D eigenvalue weighted by Crippen LogP contribution is -2.41. The molecule has 2 fully saturated rings. The summed E-state index contributed by atoms with van der Waals surface area (Å²) in [7, 11) is 0. The highest BCUT2D eigenvalue weighted by Crippen LogP contribution is 2.44. The van der Waals surface area contributed by atoms with Crippen LogP contribution in [-0.2, 0) is 0 Å². The minimum Gasteiger partial charge on any atom is -0.389 e. The summed E-state index contributed by atoms with van der Waals surface area (Å²) in [5.74, 6) is 1.07. The first-order chi connectivity index (χ1) is 12.5. The molecule has 0 aromatic carbocycles. The highest BCUT2D eigenvalue weighted by atomic mass is 79.9. The lowest BCUT2D eigenvalue weighted by Gasteiger charge is -2.39. The van der Waals surface area contributed by atoms with Crippen molar-refractivity contribution in [2.24, 2.45) is 17.8 Å². The molecule has 2 aliphatic rings. The second kappa shape index (κ2) is 8.97. The molecule has 27 heavy (non-hydrogen) atoms. The molecule has 0 unspecified atom stereocenters. The summed E-state index contributed by atoms with van der Waals surface area (Å²) in [5.41, 5.74) is 6.19. The molecule has 6 atom stereocenters. The van der Waals surface area contributed by atoms with Gasteiger partial charge in [-0.2, -0.15) is 0 Å². The van der Waals surface area contributed by atoms with E-state index in [1.54, 1.807) is 0 Å². The van der Waals surface area contributed by atoms with Crippen LogP contribution in [0.25, 0.3) is 0 Å². The van der Waals surface area contributed by atoms with Crippen molar-refractivity contribution >= 4 is 15.9 Å². The van der Waals surface area contributed by atoms with Crippen molar-refractivity contribution in [2.75, 3.05) is 0 Å². The Morgan fingerprint density at radius 1 is 1.15 bits per heavy atom. The molecule has 0 aliphatic heterocycles. The summed E-state index contributed by atoms with van der Waals surface area (Å²) in [6, 6.07) is 0. The Labute approximate surface area is 175 Å². The minimum absolute atomic E-state index is 0.112. The number of hydrogen-bond donors (Lipinski definition) is 2. The van der Waals surface area contributed by atoms with E-state index in [1.165, 1.54) is 34.3 Å². The Bertz CT molecular complexity index is 633. The number of allylic oxidation sites excluding steroid dienone is 3. The Morgan fingerprint density at radius 2 is 1.78 bits per heavy atom. The highest BCUT2D eigenvalue weighted by molar-refractivity contribution is 9.09. The SMILES string of the molecule is CC(C)=C1CC[C@H](C)C(=C(C)C)[C@H]1[C@H](O)/C=C(\C)[C@H]1CC[C@@](C)(O)[C@@H](Br)C1. The normalized spacial score (nSPS) is 36.6. The van der Waals surface area contributed by atoms with E-state index >= 15 is 0 Å². The molecule has 2 N–H and O–H groups in total. The summed E-state index contributed by atoms with van der Waals surface area (Å²) < 4.78 is 0. The van der Waals surface area contributed by atoms with Crippen molar-refractivity contribution in [1.29, 1.82) is 0 Å². The Kier molecular flexibility index (Phi) is 7.61. The molecule has 0 amide bonds. The van der Waals surface area contributed by atoms with Crippen molar-refractivity contribution < 1.29 is 10.2 Å². The Balaban J connectivity index is 2.30.